The minimum absolute atomic E-state index is 0.0281. The van der Waals surface area contributed by atoms with Crippen LogP contribution >= 0.6 is 11.8 Å². The van der Waals surface area contributed by atoms with E-state index >= 15 is 0 Å². The number of aryl methyl sites for hydroxylation is 1. The Hall–Kier alpha value is -1.64. The number of carbonyl (C=O) groups excluding carboxylic acids is 1. The summed E-state index contributed by atoms with van der Waals surface area (Å²) >= 11 is 1.59. The second kappa shape index (κ2) is 8.85. The summed E-state index contributed by atoms with van der Waals surface area (Å²) < 4.78 is 5.29. The average molecular weight is 339 g/mol. The summed E-state index contributed by atoms with van der Waals surface area (Å²) in [5.41, 5.74) is 1.33. The normalized spacial score (nSPS) is 15.3. The van der Waals surface area contributed by atoms with Gasteiger partial charge in [0.2, 0.25) is 5.91 Å². The number of ether oxygens (including phenoxy) is 1. The van der Waals surface area contributed by atoms with Gasteiger partial charge in [0, 0.05) is 43.2 Å². The van der Waals surface area contributed by atoms with Crippen LogP contribution in [0.2, 0.25) is 0 Å². The fraction of sp³-hybridized carbons (Fsp3) is 0.533. The molecule has 1 aliphatic heterocycles. The summed E-state index contributed by atoms with van der Waals surface area (Å²) in [6.07, 6.45) is 0. The van der Waals surface area contributed by atoms with Crippen molar-refractivity contribution in [1.82, 2.24) is 4.90 Å². The lowest BCUT2D eigenvalue weighted by Gasteiger charge is -2.26. The van der Waals surface area contributed by atoms with E-state index in [1.807, 2.05) is 0 Å². The number of non-ortho nitro benzene ring substituents is 1. The van der Waals surface area contributed by atoms with E-state index in [0.29, 0.717) is 17.0 Å². The summed E-state index contributed by atoms with van der Waals surface area (Å²) in [5, 5.41) is 13.5. The number of hydrogen-bond donors (Lipinski definition) is 1. The van der Waals surface area contributed by atoms with Crippen molar-refractivity contribution in [3.05, 3.63) is 33.9 Å². The summed E-state index contributed by atoms with van der Waals surface area (Å²) in [7, 11) is 0. The highest BCUT2D eigenvalue weighted by Gasteiger charge is 2.12. The molecule has 126 valence electrons. The van der Waals surface area contributed by atoms with E-state index in [1.54, 1.807) is 24.8 Å². The van der Waals surface area contributed by atoms with E-state index in [2.05, 4.69) is 10.2 Å². The largest absolute Gasteiger partial charge is 0.379 e. The minimum Gasteiger partial charge on any atom is -0.379 e. The third kappa shape index (κ3) is 5.81. The Bertz CT molecular complexity index is 562. The Morgan fingerprint density at radius 1 is 1.43 bits per heavy atom. The lowest BCUT2D eigenvalue weighted by molar-refractivity contribution is -0.384. The van der Waals surface area contributed by atoms with Crippen molar-refractivity contribution in [2.45, 2.75) is 6.92 Å². The summed E-state index contributed by atoms with van der Waals surface area (Å²) in [4.78, 5) is 24.5. The van der Waals surface area contributed by atoms with Gasteiger partial charge in [0.25, 0.3) is 5.69 Å². The summed E-state index contributed by atoms with van der Waals surface area (Å²) in [6.45, 7) is 6.17. The molecule has 1 aliphatic rings. The lowest BCUT2D eigenvalue weighted by atomic mass is 10.2. The van der Waals surface area contributed by atoms with Crippen LogP contribution in [0.15, 0.2) is 18.2 Å². The molecule has 1 N–H and O–H groups in total. The minimum atomic E-state index is -0.444. The van der Waals surface area contributed by atoms with Crippen LogP contribution in [-0.2, 0) is 9.53 Å². The molecule has 0 atom stereocenters. The predicted molar refractivity (Wildman–Crippen MR) is 91.0 cm³/mol. The Morgan fingerprint density at radius 3 is 2.83 bits per heavy atom. The van der Waals surface area contributed by atoms with Crippen LogP contribution in [0.4, 0.5) is 11.4 Å². The van der Waals surface area contributed by atoms with Crippen molar-refractivity contribution in [3.8, 4) is 0 Å². The maximum absolute atomic E-state index is 11.9. The third-order valence-corrected chi connectivity index (χ3v) is 4.52. The zero-order chi connectivity index (χ0) is 16.7. The van der Waals surface area contributed by atoms with E-state index in [4.69, 9.17) is 4.74 Å². The smallest absolute Gasteiger partial charge is 0.269 e. The van der Waals surface area contributed by atoms with Crippen LogP contribution in [0.1, 0.15) is 5.56 Å². The quantitative estimate of drug-likeness (QED) is 0.464. The van der Waals surface area contributed by atoms with Gasteiger partial charge in [-0.1, -0.05) is 0 Å². The van der Waals surface area contributed by atoms with Crippen molar-refractivity contribution in [3.63, 3.8) is 0 Å². The molecule has 0 aromatic heterocycles. The van der Waals surface area contributed by atoms with Crippen molar-refractivity contribution in [2.24, 2.45) is 0 Å². The highest BCUT2D eigenvalue weighted by molar-refractivity contribution is 7.99. The zero-order valence-electron chi connectivity index (χ0n) is 13.1. The first-order valence-electron chi connectivity index (χ1n) is 7.49. The first kappa shape index (κ1) is 17.7. The number of benzene rings is 1. The molecule has 0 spiro atoms. The van der Waals surface area contributed by atoms with Crippen molar-refractivity contribution >= 4 is 29.0 Å². The van der Waals surface area contributed by atoms with Gasteiger partial charge in [-0.15, -0.1) is 0 Å². The summed E-state index contributed by atoms with van der Waals surface area (Å²) in [6, 6.07) is 4.43. The molecule has 1 aromatic rings. The topological polar surface area (TPSA) is 84.7 Å². The Balaban J connectivity index is 1.71. The molecule has 23 heavy (non-hydrogen) atoms. The number of hydrogen-bond acceptors (Lipinski definition) is 6. The molecular formula is C15H21N3O4S. The van der Waals surface area contributed by atoms with Gasteiger partial charge < -0.3 is 10.1 Å². The Kier molecular flexibility index (Phi) is 6.82. The van der Waals surface area contributed by atoms with Crippen LogP contribution in [0, 0.1) is 17.0 Å². The van der Waals surface area contributed by atoms with E-state index in [9.17, 15) is 14.9 Å². The molecule has 8 heteroatoms. The van der Waals surface area contributed by atoms with Crippen LogP contribution in [-0.4, -0.2) is 60.1 Å². The number of nitro benzene ring substituents is 1. The number of morpholine rings is 1. The maximum atomic E-state index is 11.9. The number of nitro groups is 1. The van der Waals surface area contributed by atoms with Gasteiger partial charge in [-0.05, 0) is 18.6 Å². The second-order valence-electron chi connectivity index (χ2n) is 5.31. The van der Waals surface area contributed by atoms with Crippen LogP contribution in [0.3, 0.4) is 0 Å². The monoisotopic (exact) mass is 339 g/mol. The molecule has 0 saturated carbocycles. The number of thioether (sulfide) groups is 1. The lowest BCUT2D eigenvalue weighted by Crippen LogP contribution is -2.37. The van der Waals surface area contributed by atoms with Gasteiger partial charge in [0.05, 0.1) is 23.9 Å². The van der Waals surface area contributed by atoms with Gasteiger partial charge >= 0.3 is 0 Å². The molecule has 1 fully saturated rings. The Labute approximate surface area is 139 Å². The van der Waals surface area contributed by atoms with Gasteiger partial charge in [0.1, 0.15) is 0 Å². The van der Waals surface area contributed by atoms with Crippen molar-refractivity contribution in [1.29, 1.82) is 0 Å². The summed E-state index contributed by atoms with van der Waals surface area (Å²) in [5.74, 6) is 1.18. The second-order valence-corrected chi connectivity index (χ2v) is 6.42. The molecule has 0 unspecified atom stereocenters. The molecule has 0 bridgehead atoms. The number of rotatable bonds is 7. The van der Waals surface area contributed by atoms with Crippen LogP contribution < -0.4 is 5.32 Å². The first-order valence-corrected chi connectivity index (χ1v) is 8.64. The fourth-order valence-corrected chi connectivity index (χ4v) is 3.06. The molecular weight excluding hydrogens is 318 g/mol. The molecule has 1 amide bonds. The van der Waals surface area contributed by atoms with Gasteiger partial charge in [-0.3, -0.25) is 19.8 Å². The van der Waals surface area contributed by atoms with E-state index in [1.165, 1.54) is 12.1 Å². The predicted octanol–water partition coefficient (Wildman–Crippen LogP) is 1.91. The molecule has 1 aromatic carbocycles. The fourth-order valence-electron chi connectivity index (χ4n) is 2.27. The molecule has 1 saturated heterocycles. The first-order chi connectivity index (χ1) is 11.1. The van der Waals surface area contributed by atoms with Gasteiger partial charge in [0.15, 0.2) is 0 Å². The molecule has 7 nitrogen and oxygen atoms in total. The molecule has 2 rings (SSSR count). The highest BCUT2D eigenvalue weighted by Crippen LogP contribution is 2.21. The number of nitrogens with zero attached hydrogens (tertiary/aromatic N) is 2. The third-order valence-electron chi connectivity index (χ3n) is 3.58. The standard InChI is InChI=1S/C15H21N3O4S/c1-12-10-13(18(20)21)2-3-14(12)16-15(19)11-23-9-6-17-4-7-22-8-5-17/h2-3,10H,4-9,11H2,1H3,(H,16,19). The molecule has 0 aliphatic carbocycles. The number of nitrogens with one attached hydrogen (secondary N) is 1. The highest BCUT2D eigenvalue weighted by atomic mass is 32.2. The van der Waals surface area contributed by atoms with E-state index in [0.717, 1.165) is 38.6 Å². The van der Waals surface area contributed by atoms with Gasteiger partial charge in [-0.25, -0.2) is 0 Å². The van der Waals surface area contributed by atoms with E-state index in [-0.39, 0.29) is 11.6 Å². The number of anilines is 1. The SMILES string of the molecule is Cc1cc([N+](=O)[O-])ccc1NC(=O)CSCCN1CCOCC1. The van der Waals surface area contributed by atoms with Crippen LogP contribution in [0.5, 0.6) is 0 Å². The van der Waals surface area contributed by atoms with E-state index < -0.39 is 4.92 Å². The number of carbonyl (C=O) groups is 1. The van der Waals surface area contributed by atoms with Crippen molar-refractivity contribution in [2.75, 3.05) is 49.7 Å². The zero-order valence-corrected chi connectivity index (χ0v) is 13.9. The van der Waals surface area contributed by atoms with Gasteiger partial charge in [-0.2, -0.15) is 11.8 Å². The number of amides is 1. The molecule has 1 heterocycles. The Morgan fingerprint density at radius 2 is 2.17 bits per heavy atom. The van der Waals surface area contributed by atoms with Crippen LogP contribution in [0.25, 0.3) is 0 Å². The van der Waals surface area contributed by atoms with Crippen molar-refractivity contribution < 1.29 is 14.5 Å². The average Bonchev–Trinajstić information content (AvgIpc) is 2.54. The molecule has 0 radical (unpaired) electrons. The maximum Gasteiger partial charge on any atom is 0.269 e.